The number of anilines is 2. The van der Waals surface area contributed by atoms with Crippen LogP contribution in [-0.4, -0.2) is 58.1 Å². The smallest absolute Gasteiger partial charge is 0.338 e. The quantitative estimate of drug-likeness (QED) is 0.513. The predicted molar refractivity (Wildman–Crippen MR) is 109 cm³/mol. The molecule has 0 bridgehead atoms. The summed E-state index contributed by atoms with van der Waals surface area (Å²) in [5, 5.41) is 0. The lowest BCUT2D eigenvalue weighted by Gasteiger charge is -2.34. The Morgan fingerprint density at radius 1 is 0.867 bits per heavy atom. The molecule has 3 rings (SSSR count). The Morgan fingerprint density at radius 2 is 1.27 bits per heavy atom. The number of hydrogen-bond donors (Lipinski definition) is 0. The van der Waals surface area contributed by atoms with Gasteiger partial charge in [-0.2, -0.15) is 0 Å². The molecule has 10 nitrogen and oxygen atoms in total. The highest BCUT2D eigenvalue weighted by Crippen LogP contribution is 2.18. The third-order valence-electron chi connectivity index (χ3n) is 4.32. The van der Waals surface area contributed by atoms with E-state index in [4.69, 9.17) is 9.47 Å². The molecule has 2 aromatic rings. The van der Waals surface area contributed by atoms with Gasteiger partial charge in [-0.3, -0.25) is 4.79 Å². The minimum Gasteiger partial charge on any atom is -0.423 e. The fourth-order valence-electron chi connectivity index (χ4n) is 2.59. The van der Waals surface area contributed by atoms with Gasteiger partial charge in [-0.1, -0.05) is 20.4 Å². The molecule has 10 heteroatoms. The van der Waals surface area contributed by atoms with Crippen molar-refractivity contribution in [3.63, 3.8) is 0 Å². The highest BCUT2D eigenvalue weighted by Gasteiger charge is 2.21. The van der Waals surface area contributed by atoms with Crippen LogP contribution in [0.25, 0.3) is 0 Å². The summed E-state index contributed by atoms with van der Waals surface area (Å²) in [6.45, 7) is 11.4. The Morgan fingerprint density at radius 3 is 1.63 bits per heavy atom. The largest absolute Gasteiger partial charge is 0.423 e. The third kappa shape index (κ3) is 5.28. The van der Waals surface area contributed by atoms with Gasteiger partial charge in [0.1, 0.15) is 0 Å². The van der Waals surface area contributed by atoms with E-state index in [-0.39, 0.29) is 17.6 Å². The summed E-state index contributed by atoms with van der Waals surface area (Å²) in [7, 11) is 0. The second kappa shape index (κ2) is 9.29. The molecule has 0 unspecified atom stereocenters. The van der Waals surface area contributed by atoms with Crippen LogP contribution in [0.3, 0.4) is 0 Å². The average Bonchev–Trinajstić information content (AvgIpc) is 2.75. The van der Waals surface area contributed by atoms with Crippen molar-refractivity contribution in [3.8, 4) is 11.5 Å². The summed E-state index contributed by atoms with van der Waals surface area (Å²) in [6.07, 6.45) is 5.94. The second-order valence-corrected chi connectivity index (χ2v) is 7.16. The van der Waals surface area contributed by atoms with Crippen LogP contribution in [0, 0.1) is 5.92 Å². The molecule has 0 atom stereocenters. The lowest BCUT2D eigenvalue weighted by atomic mass is 10.2. The molecule has 2 aromatic heterocycles. The number of rotatable bonds is 6. The van der Waals surface area contributed by atoms with Crippen molar-refractivity contribution in [3.05, 3.63) is 36.9 Å². The predicted octanol–water partition coefficient (Wildman–Crippen LogP) is 1.64. The minimum atomic E-state index is -0.509. The molecule has 0 radical (unpaired) electrons. The number of aromatic nitrogens is 4. The van der Waals surface area contributed by atoms with E-state index in [0.29, 0.717) is 49.4 Å². The Balaban J connectivity index is 1.54. The summed E-state index contributed by atoms with van der Waals surface area (Å²) in [6, 6.07) is 0. The summed E-state index contributed by atoms with van der Waals surface area (Å²) < 4.78 is 10.3. The zero-order chi connectivity index (χ0) is 21.7. The number of hydrogen-bond acceptors (Lipinski definition) is 10. The monoisotopic (exact) mass is 412 g/mol. The molecular weight excluding hydrogens is 388 g/mol. The van der Waals surface area contributed by atoms with Gasteiger partial charge in [-0.15, -0.1) is 0 Å². The maximum absolute atomic E-state index is 11.6. The number of esters is 2. The van der Waals surface area contributed by atoms with Crippen LogP contribution >= 0.6 is 0 Å². The third-order valence-corrected chi connectivity index (χ3v) is 4.32. The molecule has 158 valence electrons. The van der Waals surface area contributed by atoms with Gasteiger partial charge < -0.3 is 19.3 Å². The van der Waals surface area contributed by atoms with E-state index < -0.39 is 5.97 Å². The van der Waals surface area contributed by atoms with Gasteiger partial charge >= 0.3 is 11.9 Å². The normalized spacial score (nSPS) is 13.9. The fraction of sp³-hybridized carbons (Fsp3) is 0.400. The van der Waals surface area contributed by atoms with E-state index in [0.717, 1.165) is 0 Å². The van der Waals surface area contributed by atoms with Gasteiger partial charge in [0.15, 0.2) is 11.5 Å². The summed E-state index contributed by atoms with van der Waals surface area (Å²) in [5.74, 6) is 0.690. The van der Waals surface area contributed by atoms with Crippen molar-refractivity contribution in [2.75, 3.05) is 36.0 Å². The molecule has 0 N–H and O–H groups in total. The van der Waals surface area contributed by atoms with Gasteiger partial charge in [-0.25, -0.2) is 24.7 Å². The fourth-order valence-corrected chi connectivity index (χ4v) is 2.59. The van der Waals surface area contributed by atoms with Crippen LogP contribution in [0.5, 0.6) is 11.5 Å². The van der Waals surface area contributed by atoms with E-state index in [1.807, 2.05) is 9.80 Å². The van der Waals surface area contributed by atoms with Crippen LogP contribution in [0.2, 0.25) is 0 Å². The molecule has 0 spiro atoms. The first-order valence-electron chi connectivity index (χ1n) is 9.57. The topological polar surface area (TPSA) is 111 Å². The Bertz CT molecular complexity index is 906. The molecule has 0 saturated carbocycles. The lowest BCUT2D eigenvalue weighted by molar-refractivity contribution is -0.137. The number of carbonyl (C=O) groups excluding carboxylic acids is 2. The summed E-state index contributed by atoms with van der Waals surface area (Å²) in [4.78, 5) is 44.4. The maximum Gasteiger partial charge on any atom is 0.338 e. The lowest BCUT2D eigenvalue weighted by Crippen LogP contribution is -2.47. The highest BCUT2D eigenvalue weighted by atomic mass is 16.5. The van der Waals surface area contributed by atoms with Gasteiger partial charge in [-0.05, 0) is 6.92 Å². The van der Waals surface area contributed by atoms with Crippen LogP contribution in [0.1, 0.15) is 20.8 Å². The van der Waals surface area contributed by atoms with E-state index >= 15 is 0 Å². The first-order valence-corrected chi connectivity index (χ1v) is 9.57. The Hall–Kier alpha value is -3.56. The molecular formula is C20H24N6O4. The molecule has 0 amide bonds. The van der Waals surface area contributed by atoms with Gasteiger partial charge in [0.25, 0.3) is 0 Å². The molecule has 30 heavy (non-hydrogen) atoms. The molecule has 1 aliphatic rings. The zero-order valence-corrected chi connectivity index (χ0v) is 17.2. The first-order chi connectivity index (χ1) is 14.3. The van der Waals surface area contributed by atoms with Crippen molar-refractivity contribution in [2.45, 2.75) is 20.8 Å². The van der Waals surface area contributed by atoms with Crippen LogP contribution in [0.4, 0.5) is 11.9 Å². The molecule has 1 saturated heterocycles. The standard InChI is InChI=1S/C20H24N6O4/c1-13(2)17(27)29-15-9-21-19(22-10-15)25-5-7-26(8-6-25)20-23-11-16(12-24-20)30-18(28)14(3)4/h9-12,14H,1,5-8H2,2-4H3. The van der Waals surface area contributed by atoms with Crippen molar-refractivity contribution < 1.29 is 19.1 Å². The van der Waals surface area contributed by atoms with Gasteiger partial charge in [0, 0.05) is 31.8 Å². The molecule has 3 heterocycles. The van der Waals surface area contributed by atoms with Crippen molar-refractivity contribution in [1.29, 1.82) is 0 Å². The molecule has 1 fully saturated rings. The Labute approximate surface area is 174 Å². The second-order valence-electron chi connectivity index (χ2n) is 7.16. The average molecular weight is 412 g/mol. The van der Waals surface area contributed by atoms with Gasteiger partial charge in [0.05, 0.1) is 30.7 Å². The van der Waals surface area contributed by atoms with E-state index in [1.54, 1.807) is 20.8 Å². The Kier molecular flexibility index (Phi) is 6.55. The van der Waals surface area contributed by atoms with Crippen molar-refractivity contribution >= 4 is 23.8 Å². The van der Waals surface area contributed by atoms with Crippen molar-refractivity contribution in [1.82, 2.24) is 19.9 Å². The zero-order valence-electron chi connectivity index (χ0n) is 17.2. The SMILES string of the molecule is C=C(C)C(=O)Oc1cnc(N2CCN(c3ncc(OC(=O)C(C)C)cn3)CC2)nc1. The van der Waals surface area contributed by atoms with Crippen LogP contribution in [-0.2, 0) is 9.59 Å². The number of nitrogens with zero attached hydrogens (tertiary/aromatic N) is 6. The minimum absolute atomic E-state index is 0.216. The molecule has 0 aliphatic carbocycles. The van der Waals surface area contributed by atoms with Gasteiger partial charge in [0.2, 0.25) is 11.9 Å². The summed E-state index contributed by atoms with van der Waals surface area (Å²) >= 11 is 0. The van der Waals surface area contributed by atoms with Crippen molar-refractivity contribution in [2.24, 2.45) is 5.92 Å². The van der Waals surface area contributed by atoms with Crippen LogP contribution in [0.15, 0.2) is 36.9 Å². The molecule has 0 aromatic carbocycles. The van der Waals surface area contributed by atoms with E-state index in [9.17, 15) is 9.59 Å². The number of piperazine rings is 1. The number of carbonyl (C=O) groups is 2. The number of ether oxygens (including phenoxy) is 2. The van der Waals surface area contributed by atoms with E-state index in [2.05, 4.69) is 26.5 Å². The first kappa shape index (κ1) is 21.2. The maximum atomic E-state index is 11.6. The van der Waals surface area contributed by atoms with Crippen LogP contribution < -0.4 is 19.3 Å². The van der Waals surface area contributed by atoms with E-state index in [1.165, 1.54) is 24.8 Å². The summed E-state index contributed by atoms with van der Waals surface area (Å²) in [5.41, 5.74) is 0.309. The highest BCUT2D eigenvalue weighted by molar-refractivity contribution is 5.88. The molecule has 1 aliphatic heterocycles.